The Labute approximate surface area is 131 Å². The molecule has 1 N–H and O–H groups in total. The second kappa shape index (κ2) is 7.56. The Bertz CT molecular complexity index is 507. The average Bonchev–Trinajstić information content (AvgIpc) is 2.65. The van der Waals surface area contributed by atoms with Crippen molar-refractivity contribution in [2.45, 2.75) is 32.0 Å². The summed E-state index contributed by atoms with van der Waals surface area (Å²) < 4.78 is 5.94. The first-order valence-corrected chi connectivity index (χ1v) is 7.66. The summed E-state index contributed by atoms with van der Waals surface area (Å²) >= 11 is 0. The molecule has 6 nitrogen and oxygen atoms in total. The van der Waals surface area contributed by atoms with Crippen molar-refractivity contribution in [3.05, 3.63) is 24.0 Å². The monoisotopic (exact) mass is 307 g/mol. The van der Waals surface area contributed by atoms with Crippen LogP contribution in [0.4, 0.5) is 0 Å². The van der Waals surface area contributed by atoms with Crippen LogP contribution in [0.3, 0.4) is 0 Å². The van der Waals surface area contributed by atoms with E-state index in [-0.39, 0.29) is 12.0 Å². The summed E-state index contributed by atoms with van der Waals surface area (Å²) in [7, 11) is 3.51. The molecule has 122 valence electrons. The third-order valence-corrected chi connectivity index (χ3v) is 3.99. The summed E-state index contributed by atoms with van der Waals surface area (Å²) in [6, 6.07) is 3.70. The van der Waals surface area contributed by atoms with Crippen LogP contribution in [0.2, 0.25) is 0 Å². The molecule has 2 atom stereocenters. The Morgan fingerprint density at radius 3 is 2.86 bits per heavy atom. The van der Waals surface area contributed by atoms with E-state index < -0.39 is 6.10 Å². The van der Waals surface area contributed by atoms with E-state index in [0.29, 0.717) is 31.7 Å². The maximum atomic E-state index is 11.8. The predicted octanol–water partition coefficient (Wildman–Crippen LogP) is 0.682. The number of aryl methyl sites for hydroxylation is 1. The summed E-state index contributed by atoms with van der Waals surface area (Å²) in [5.41, 5.74) is 0.818. The van der Waals surface area contributed by atoms with Crippen molar-refractivity contribution < 1.29 is 14.6 Å². The Hall–Kier alpha value is -1.66. The van der Waals surface area contributed by atoms with Gasteiger partial charge in [-0.15, -0.1) is 0 Å². The Morgan fingerprint density at radius 1 is 1.45 bits per heavy atom. The van der Waals surface area contributed by atoms with Gasteiger partial charge in [0.1, 0.15) is 11.9 Å². The summed E-state index contributed by atoms with van der Waals surface area (Å²) in [5, 5.41) is 10.3. The molecular formula is C16H25N3O3. The van der Waals surface area contributed by atoms with Crippen molar-refractivity contribution in [3.63, 3.8) is 0 Å². The van der Waals surface area contributed by atoms with E-state index in [9.17, 15) is 9.90 Å². The van der Waals surface area contributed by atoms with Gasteiger partial charge in [-0.05, 0) is 31.9 Å². The number of rotatable bonds is 4. The van der Waals surface area contributed by atoms with E-state index in [1.807, 2.05) is 19.1 Å². The van der Waals surface area contributed by atoms with E-state index in [4.69, 9.17) is 4.74 Å². The van der Waals surface area contributed by atoms with Crippen molar-refractivity contribution in [2.24, 2.45) is 0 Å². The van der Waals surface area contributed by atoms with Crippen LogP contribution < -0.4 is 4.74 Å². The molecule has 22 heavy (non-hydrogen) atoms. The molecule has 1 amide bonds. The molecule has 2 heterocycles. The largest absolute Gasteiger partial charge is 0.486 e. The maximum Gasteiger partial charge on any atom is 0.236 e. The Balaban J connectivity index is 1.95. The van der Waals surface area contributed by atoms with Crippen LogP contribution in [-0.2, 0) is 4.79 Å². The molecule has 0 aromatic carbocycles. The van der Waals surface area contributed by atoms with Crippen molar-refractivity contribution in [2.75, 3.05) is 33.7 Å². The number of likely N-dealkylation sites (tertiary alicyclic amines) is 1. The zero-order valence-electron chi connectivity index (χ0n) is 13.5. The number of likely N-dealkylation sites (N-methyl/N-ethyl adjacent to an activating group) is 1. The molecule has 1 aliphatic heterocycles. The van der Waals surface area contributed by atoms with Crippen LogP contribution in [0.15, 0.2) is 18.3 Å². The topological polar surface area (TPSA) is 65.9 Å². The number of carbonyl (C=O) groups is 1. The van der Waals surface area contributed by atoms with Crippen LogP contribution in [0.5, 0.6) is 5.75 Å². The van der Waals surface area contributed by atoms with E-state index in [0.717, 1.165) is 12.2 Å². The van der Waals surface area contributed by atoms with Gasteiger partial charge < -0.3 is 14.7 Å². The molecule has 1 aliphatic rings. The third kappa shape index (κ3) is 4.42. The van der Waals surface area contributed by atoms with E-state index in [1.54, 1.807) is 25.2 Å². The number of aliphatic hydroxyl groups excluding tert-OH is 1. The van der Waals surface area contributed by atoms with Gasteiger partial charge in [-0.2, -0.15) is 0 Å². The number of aromatic nitrogens is 1. The number of pyridine rings is 1. The molecule has 1 fully saturated rings. The lowest BCUT2D eigenvalue weighted by Crippen LogP contribution is -2.37. The fourth-order valence-electron chi connectivity index (χ4n) is 2.50. The predicted molar refractivity (Wildman–Crippen MR) is 83.8 cm³/mol. The number of aliphatic hydroxyl groups is 1. The first kappa shape index (κ1) is 16.7. The maximum absolute atomic E-state index is 11.8. The van der Waals surface area contributed by atoms with E-state index in [1.165, 1.54) is 0 Å². The third-order valence-electron chi connectivity index (χ3n) is 3.99. The van der Waals surface area contributed by atoms with Gasteiger partial charge in [0.2, 0.25) is 5.91 Å². The molecule has 0 saturated carbocycles. The van der Waals surface area contributed by atoms with E-state index in [2.05, 4.69) is 9.88 Å². The quantitative estimate of drug-likeness (QED) is 0.886. The lowest BCUT2D eigenvalue weighted by molar-refractivity contribution is -0.129. The van der Waals surface area contributed by atoms with Gasteiger partial charge in [-0.25, -0.2) is 0 Å². The highest BCUT2D eigenvalue weighted by Crippen LogP contribution is 2.21. The average molecular weight is 307 g/mol. The SMILES string of the molecule is Cc1ncccc1O[C@H]1CCN(CC(=O)N(C)C)CC[C@@H]1O. The fourth-order valence-corrected chi connectivity index (χ4v) is 2.50. The zero-order chi connectivity index (χ0) is 16.1. The molecule has 1 aromatic rings. The van der Waals surface area contributed by atoms with Crippen LogP contribution in [0, 0.1) is 6.92 Å². The molecule has 1 aromatic heterocycles. The van der Waals surface area contributed by atoms with Crippen LogP contribution in [0.1, 0.15) is 18.5 Å². The summed E-state index contributed by atoms with van der Waals surface area (Å²) in [6.07, 6.45) is 2.22. The highest BCUT2D eigenvalue weighted by atomic mass is 16.5. The number of hydrogen-bond donors (Lipinski definition) is 1. The van der Waals surface area contributed by atoms with Gasteiger partial charge in [0.05, 0.1) is 18.3 Å². The number of nitrogens with zero attached hydrogens (tertiary/aromatic N) is 3. The smallest absolute Gasteiger partial charge is 0.236 e. The number of amides is 1. The highest BCUT2D eigenvalue weighted by Gasteiger charge is 2.27. The van der Waals surface area contributed by atoms with Crippen molar-refractivity contribution in [1.29, 1.82) is 0 Å². The highest BCUT2D eigenvalue weighted by molar-refractivity contribution is 5.77. The van der Waals surface area contributed by atoms with Gasteiger partial charge >= 0.3 is 0 Å². The minimum Gasteiger partial charge on any atom is -0.486 e. The van der Waals surface area contributed by atoms with Crippen LogP contribution in [0.25, 0.3) is 0 Å². The molecule has 2 rings (SSSR count). The van der Waals surface area contributed by atoms with Gasteiger partial charge in [-0.3, -0.25) is 14.7 Å². The summed E-state index contributed by atoms with van der Waals surface area (Å²) in [5.74, 6) is 0.793. The minimum atomic E-state index is -0.529. The van der Waals surface area contributed by atoms with Gasteiger partial charge in [0, 0.05) is 33.4 Å². The first-order chi connectivity index (χ1) is 10.5. The van der Waals surface area contributed by atoms with Crippen molar-refractivity contribution >= 4 is 5.91 Å². The van der Waals surface area contributed by atoms with Gasteiger partial charge in [-0.1, -0.05) is 0 Å². The second-order valence-corrected chi connectivity index (χ2v) is 5.95. The van der Waals surface area contributed by atoms with E-state index >= 15 is 0 Å². The van der Waals surface area contributed by atoms with Crippen molar-refractivity contribution in [1.82, 2.24) is 14.8 Å². The summed E-state index contributed by atoms with van der Waals surface area (Å²) in [4.78, 5) is 19.7. The molecule has 0 spiro atoms. The molecule has 0 aliphatic carbocycles. The lowest BCUT2D eigenvalue weighted by atomic mass is 10.1. The standard InChI is InChI=1S/C16H25N3O3/c1-12-14(5-4-8-17-12)22-15-7-10-19(9-6-13(15)20)11-16(21)18(2)3/h4-5,8,13,15,20H,6-7,9-11H2,1-3H3/t13-,15-/m0/s1. The van der Waals surface area contributed by atoms with Gasteiger partial charge in [0.25, 0.3) is 0 Å². The normalized spacial score (nSPS) is 22.9. The lowest BCUT2D eigenvalue weighted by Gasteiger charge is -2.22. The summed E-state index contributed by atoms with van der Waals surface area (Å²) in [6.45, 7) is 3.71. The van der Waals surface area contributed by atoms with Gasteiger partial charge in [0.15, 0.2) is 0 Å². The number of carbonyl (C=O) groups excluding carboxylic acids is 1. The molecule has 1 saturated heterocycles. The molecule has 0 unspecified atom stereocenters. The first-order valence-electron chi connectivity index (χ1n) is 7.66. The van der Waals surface area contributed by atoms with Crippen LogP contribution in [-0.4, -0.2) is 71.7 Å². The zero-order valence-corrected chi connectivity index (χ0v) is 13.5. The molecule has 6 heteroatoms. The molecular weight excluding hydrogens is 282 g/mol. The minimum absolute atomic E-state index is 0.0805. The number of ether oxygens (including phenoxy) is 1. The second-order valence-electron chi connectivity index (χ2n) is 5.95. The fraction of sp³-hybridized carbons (Fsp3) is 0.625. The number of hydrogen-bond acceptors (Lipinski definition) is 5. The van der Waals surface area contributed by atoms with Crippen molar-refractivity contribution in [3.8, 4) is 5.75 Å². The Morgan fingerprint density at radius 2 is 2.18 bits per heavy atom. The van der Waals surface area contributed by atoms with Crippen LogP contribution >= 0.6 is 0 Å². The molecule has 0 bridgehead atoms. The molecule has 0 radical (unpaired) electrons. The Kier molecular flexibility index (Phi) is 5.74.